The van der Waals surface area contributed by atoms with Gasteiger partial charge in [-0.25, -0.2) is 8.42 Å². The Morgan fingerprint density at radius 2 is 1.65 bits per heavy atom. The molecule has 31 heavy (non-hydrogen) atoms. The molecule has 1 fully saturated rings. The Labute approximate surface area is 177 Å². The predicted molar refractivity (Wildman–Crippen MR) is 106 cm³/mol. The molecule has 7 nitrogen and oxygen atoms in total. The van der Waals surface area contributed by atoms with Crippen molar-refractivity contribution < 1.29 is 35.9 Å². The molecule has 2 aromatic carbocycles. The average Bonchev–Trinajstić information content (AvgIpc) is 2.67. The highest BCUT2D eigenvalue weighted by Gasteiger charge is 2.33. The zero-order valence-electron chi connectivity index (χ0n) is 16.7. The second-order valence-corrected chi connectivity index (χ2v) is 9.04. The summed E-state index contributed by atoms with van der Waals surface area (Å²) in [5.41, 5.74) is -0.0951. The first-order chi connectivity index (χ1) is 14.5. The monoisotopic (exact) mass is 458 g/mol. The van der Waals surface area contributed by atoms with Gasteiger partial charge in [0.25, 0.3) is 5.91 Å². The fourth-order valence-electron chi connectivity index (χ4n) is 3.23. The second kappa shape index (κ2) is 8.85. The number of nitrogens with one attached hydrogen (secondary N) is 1. The summed E-state index contributed by atoms with van der Waals surface area (Å²) in [6.07, 6.45) is -5.41. The molecule has 1 N–H and O–H groups in total. The molecule has 2 aromatic rings. The maximum atomic E-state index is 12.9. The lowest BCUT2D eigenvalue weighted by Crippen LogP contribution is -2.48. The number of carbonyl (C=O) groups excluding carboxylic acids is 1. The molecule has 3 rings (SSSR count). The fraction of sp³-hybridized carbons (Fsp3) is 0.350. The minimum absolute atomic E-state index is 0.00570. The smallest absolute Gasteiger partial charge is 0.404 e. The van der Waals surface area contributed by atoms with Crippen LogP contribution in [0.25, 0.3) is 0 Å². The molecule has 168 valence electrons. The number of anilines is 1. The Morgan fingerprint density at radius 1 is 1.06 bits per heavy atom. The summed E-state index contributed by atoms with van der Waals surface area (Å²) in [5.74, 6) is -1.27. The van der Waals surface area contributed by atoms with E-state index in [1.54, 1.807) is 13.8 Å². The Balaban J connectivity index is 1.76. The second-order valence-electron chi connectivity index (χ2n) is 7.10. The molecule has 1 saturated heterocycles. The summed E-state index contributed by atoms with van der Waals surface area (Å²) in [5, 5.41) is 2.34. The Morgan fingerprint density at radius 3 is 2.23 bits per heavy atom. The first-order valence-electron chi connectivity index (χ1n) is 9.37. The van der Waals surface area contributed by atoms with Crippen LogP contribution in [0.5, 0.6) is 5.75 Å². The highest BCUT2D eigenvalue weighted by atomic mass is 32.2. The first kappa shape index (κ1) is 23.0. The van der Waals surface area contributed by atoms with Crippen molar-refractivity contribution >= 4 is 21.6 Å². The summed E-state index contributed by atoms with van der Waals surface area (Å²) in [7, 11) is -3.78. The van der Waals surface area contributed by atoms with Crippen LogP contribution in [-0.2, 0) is 14.8 Å². The van der Waals surface area contributed by atoms with E-state index in [0.717, 1.165) is 6.07 Å². The van der Waals surface area contributed by atoms with E-state index in [0.29, 0.717) is 0 Å². The number of para-hydroxylation sites is 2. The zero-order chi connectivity index (χ0) is 22.8. The summed E-state index contributed by atoms with van der Waals surface area (Å²) in [6.45, 7) is 3.99. The number of alkyl halides is 3. The van der Waals surface area contributed by atoms with Crippen LogP contribution in [0.3, 0.4) is 0 Å². The topological polar surface area (TPSA) is 84.9 Å². The van der Waals surface area contributed by atoms with Gasteiger partial charge in [-0.15, -0.1) is 13.2 Å². The summed E-state index contributed by atoms with van der Waals surface area (Å²) >= 11 is 0. The molecule has 1 heterocycles. The number of ether oxygens (including phenoxy) is 2. The quantitative estimate of drug-likeness (QED) is 0.740. The third kappa shape index (κ3) is 5.75. The third-order valence-corrected chi connectivity index (χ3v) is 6.35. The number of hydrogen-bond donors (Lipinski definition) is 1. The van der Waals surface area contributed by atoms with Crippen molar-refractivity contribution in [2.75, 3.05) is 18.4 Å². The standard InChI is InChI=1S/C20H21F3N2O5S/c1-13-11-25(12-14(2)29-13)31(27,28)16-9-7-15(8-10-16)19(26)24-17-5-3-4-6-18(17)30-20(21,22)23/h3-10,13-14H,11-12H2,1-2H3,(H,24,26). The lowest BCUT2D eigenvalue weighted by Gasteiger charge is -2.34. The van der Waals surface area contributed by atoms with E-state index in [2.05, 4.69) is 10.1 Å². The van der Waals surface area contributed by atoms with E-state index in [1.807, 2.05) is 0 Å². The third-order valence-electron chi connectivity index (χ3n) is 4.50. The zero-order valence-corrected chi connectivity index (χ0v) is 17.5. The molecule has 0 spiro atoms. The predicted octanol–water partition coefficient (Wildman–Crippen LogP) is 3.64. The molecule has 0 bridgehead atoms. The maximum absolute atomic E-state index is 12.9. The molecule has 0 radical (unpaired) electrons. The van der Waals surface area contributed by atoms with Gasteiger partial charge in [-0.05, 0) is 50.2 Å². The van der Waals surface area contributed by atoms with Crippen molar-refractivity contribution in [3.05, 3.63) is 54.1 Å². The number of benzene rings is 2. The van der Waals surface area contributed by atoms with Gasteiger partial charge in [0.05, 0.1) is 22.8 Å². The van der Waals surface area contributed by atoms with Gasteiger partial charge in [0, 0.05) is 18.7 Å². The molecule has 0 saturated carbocycles. The molecule has 2 unspecified atom stereocenters. The van der Waals surface area contributed by atoms with Crippen LogP contribution in [0.1, 0.15) is 24.2 Å². The number of morpholine rings is 1. The van der Waals surface area contributed by atoms with Crippen molar-refractivity contribution in [3.8, 4) is 5.75 Å². The molecule has 2 atom stereocenters. The van der Waals surface area contributed by atoms with Crippen LogP contribution in [0, 0.1) is 0 Å². The number of nitrogens with zero attached hydrogens (tertiary/aromatic N) is 1. The number of sulfonamides is 1. The van der Waals surface area contributed by atoms with Gasteiger partial charge in [0.2, 0.25) is 10.0 Å². The molecule has 11 heteroatoms. The summed E-state index contributed by atoms with van der Waals surface area (Å²) in [6, 6.07) is 10.3. The van der Waals surface area contributed by atoms with E-state index in [-0.39, 0.29) is 41.4 Å². The lowest BCUT2D eigenvalue weighted by molar-refractivity contribution is -0.274. The first-order valence-corrected chi connectivity index (χ1v) is 10.8. The van der Waals surface area contributed by atoms with E-state index < -0.39 is 28.0 Å². The van der Waals surface area contributed by atoms with Crippen molar-refractivity contribution in [1.29, 1.82) is 0 Å². The minimum Gasteiger partial charge on any atom is -0.404 e. The number of halogens is 3. The van der Waals surface area contributed by atoms with Crippen LogP contribution >= 0.6 is 0 Å². The SMILES string of the molecule is CC1CN(S(=O)(=O)c2ccc(C(=O)Nc3ccccc3OC(F)(F)F)cc2)CC(C)O1. The Kier molecular flexibility index (Phi) is 6.58. The van der Waals surface area contributed by atoms with Crippen LogP contribution < -0.4 is 10.1 Å². The minimum atomic E-state index is -4.91. The van der Waals surface area contributed by atoms with E-state index in [9.17, 15) is 26.4 Å². The molecule has 0 aliphatic carbocycles. The van der Waals surface area contributed by atoms with Crippen LogP contribution in [0.15, 0.2) is 53.4 Å². The van der Waals surface area contributed by atoms with Crippen molar-refractivity contribution in [2.45, 2.75) is 37.3 Å². The summed E-state index contributed by atoms with van der Waals surface area (Å²) < 4.78 is 74.1. The molecule has 1 aliphatic rings. The maximum Gasteiger partial charge on any atom is 0.573 e. The van der Waals surface area contributed by atoms with Gasteiger partial charge in [-0.3, -0.25) is 4.79 Å². The average molecular weight is 458 g/mol. The van der Waals surface area contributed by atoms with Gasteiger partial charge in [-0.2, -0.15) is 4.31 Å². The number of carbonyl (C=O) groups is 1. The van der Waals surface area contributed by atoms with Gasteiger partial charge in [-0.1, -0.05) is 12.1 Å². The molecular formula is C20H21F3N2O5S. The van der Waals surface area contributed by atoms with Gasteiger partial charge >= 0.3 is 6.36 Å². The molecule has 1 aliphatic heterocycles. The molecule has 1 amide bonds. The normalized spacial score (nSPS) is 20.3. The van der Waals surface area contributed by atoms with Crippen LogP contribution in [0.4, 0.5) is 18.9 Å². The van der Waals surface area contributed by atoms with Gasteiger partial charge in [0.15, 0.2) is 5.75 Å². The van der Waals surface area contributed by atoms with E-state index >= 15 is 0 Å². The highest BCUT2D eigenvalue weighted by Crippen LogP contribution is 2.30. The van der Waals surface area contributed by atoms with Crippen molar-refractivity contribution in [1.82, 2.24) is 4.31 Å². The highest BCUT2D eigenvalue weighted by molar-refractivity contribution is 7.89. The largest absolute Gasteiger partial charge is 0.573 e. The Bertz CT molecular complexity index is 1030. The molecular weight excluding hydrogens is 437 g/mol. The summed E-state index contributed by atoms with van der Waals surface area (Å²) in [4.78, 5) is 12.5. The van der Waals surface area contributed by atoms with Gasteiger partial charge < -0.3 is 14.8 Å². The van der Waals surface area contributed by atoms with Gasteiger partial charge in [0.1, 0.15) is 0 Å². The van der Waals surface area contributed by atoms with E-state index in [1.165, 1.54) is 46.8 Å². The number of amides is 1. The van der Waals surface area contributed by atoms with Crippen molar-refractivity contribution in [2.24, 2.45) is 0 Å². The number of rotatable bonds is 5. The Hall–Kier alpha value is -2.63. The van der Waals surface area contributed by atoms with Crippen LogP contribution in [0.2, 0.25) is 0 Å². The van der Waals surface area contributed by atoms with E-state index in [4.69, 9.17) is 4.74 Å². The number of hydrogen-bond acceptors (Lipinski definition) is 5. The fourth-order valence-corrected chi connectivity index (χ4v) is 4.82. The lowest BCUT2D eigenvalue weighted by atomic mass is 10.2. The van der Waals surface area contributed by atoms with Crippen molar-refractivity contribution in [3.63, 3.8) is 0 Å². The molecule has 0 aromatic heterocycles. The van der Waals surface area contributed by atoms with Crippen LogP contribution in [-0.4, -0.2) is 50.3 Å².